The Bertz CT molecular complexity index is 1440. The van der Waals surface area contributed by atoms with Gasteiger partial charge in [-0.05, 0) is 77.6 Å². The Morgan fingerprint density at radius 3 is 2.28 bits per heavy atom. The normalized spacial score (nSPS) is 14.9. The maximum atomic E-state index is 12.1. The molecule has 0 aliphatic carbocycles. The molecule has 244 valence electrons. The predicted octanol–water partition coefficient (Wildman–Crippen LogP) is -0.558. The van der Waals surface area contributed by atoms with Gasteiger partial charge in [-0.2, -0.15) is 4.52 Å². The van der Waals surface area contributed by atoms with Crippen LogP contribution in [-0.2, 0) is 32.2 Å². The van der Waals surface area contributed by atoms with Gasteiger partial charge in [-0.3, -0.25) is 14.5 Å². The molecule has 2 aromatic carbocycles. The second-order valence-electron chi connectivity index (χ2n) is 9.32. The van der Waals surface area contributed by atoms with E-state index in [0.717, 1.165) is 11.1 Å². The van der Waals surface area contributed by atoms with Gasteiger partial charge in [0.2, 0.25) is 26.2 Å². The quantitative estimate of drug-likeness (QED) is 0.0574. The summed E-state index contributed by atoms with van der Waals surface area (Å²) < 4.78 is 33.6. The fraction of sp³-hybridized carbons (Fsp3) is 0.391. The summed E-state index contributed by atoms with van der Waals surface area (Å²) in [5.74, 6) is -0.186. The van der Waals surface area contributed by atoms with E-state index in [9.17, 15) is 23.7 Å². The minimum atomic E-state index is -4.72. The molecule has 0 aliphatic rings. The van der Waals surface area contributed by atoms with Gasteiger partial charge in [0.1, 0.15) is 15.2 Å². The number of rotatable bonds is 20. The minimum absolute atomic E-state index is 0. The number of carbonyl (C=O) groups is 1. The zero-order valence-electron chi connectivity index (χ0n) is 25.9. The number of hydrogen-bond acceptors (Lipinski definition) is 11. The van der Waals surface area contributed by atoms with Crippen LogP contribution in [0.5, 0.6) is 11.5 Å². The molecule has 15 nitrogen and oxygen atoms in total. The molecule has 0 fully saturated rings. The maximum Gasteiger partial charge on any atom is 1.00 e. The van der Waals surface area contributed by atoms with E-state index in [1.54, 1.807) is 42.3 Å². The third kappa shape index (κ3) is 23.2. The first-order valence-corrected chi connectivity index (χ1v) is 22.0. The van der Waals surface area contributed by atoms with Crippen LogP contribution < -0.4 is 83.6 Å². The molecule has 0 radical (unpaired) electrons. The zero-order chi connectivity index (χ0) is 33.3. The molecule has 1 amide bonds. The summed E-state index contributed by atoms with van der Waals surface area (Å²) in [6, 6.07) is 14.3. The fourth-order valence-electron chi connectivity index (χ4n) is 3.67. The number of amides is 1. The van der Waals surface area contributed by atoms with Crippen LogP contribution in [0.15, 0.2) is 63.1 Å². The van der Waals surface area contributed by atoms with Crippen LogP contribution in [-0.4, -0.2) is 52.6 Å². The Labute approximate surface area is 328 Å². The van der Waals surface area contributed by atoms with Gasteiger partial charge in [-0.1, -0.05) is 16.9 Å². The first kappa shape index (κ1) is 47.1. The Morgan fingerprint density at radius 2 is 1.70 bits per heavy atom. The number of benzene rings is 2. The van der Waals surface area contributed by atoms with Crippen molar-refractivity contribution in [2.24, 2.45) is 20.4 Å². The topological polar surface area (TPSA) is 232 Å². The first-order chi connectivity index (χ1) is 21.2. The van der Waals surface area contributed by atoms with Gasteiger partial charge in [0.25, 0.3) is 0 Å². The number of nitrogens with one attached hydrogen (secondary N) is 2. The van der Waals surface area contributed by atoms with Crippen molar-refractivity contribution in [2.45, 2.75) is 25.7 Å². The van der Waals surface area contributed by atoms with E-state index >= 15 is 0 Å². The van der Waals surface area contributed by atoms with Gasteiger partial charge < -0.3 is 38.9 Å². The molecule has 0 aromatic heterocycles. The van der Waals surface area contributed by atoms with E-state index in [-0.39, 0.29) is 84.3 Å². The van der Waals surface area contributed by atoms with Gasteiger partial charge in [0.15, 0.2) is 11.5 Å². The monoisotopic (exact) mass is 799 g/mol. The van der Waals surface area contributed by atoms with Crippen molar-refractivity contribution in [1.82, 2.24) is 10.1 Å². The van der Waals surface area contributed by atoms with Crippen LogP contribution in [0.25, 0.3) is 0 Å². The van der Waals surface area contributed by atoms with Gasteiger partial charge in [-0.25, -0.2) is 0 Å². The molecule has 0 heterocycles. The van der Waals surface area contributed by atoms with Crippen molar-refractivity contribution in [3.8, 4) is 11.5 Å². The number of nitrogens with zero attached hydrogens (tertiary/aromatic N) is 4. The molecule has 3 atom stereocenters. The summed E-state index contributed by atoms with van der Waals surface area (Å²) in [5, 5.41) is 14.1. The van der Waals surface area contributed by atoms with Gasteiger partial charge in [0.05, 0.1) is 29.4 Å². The molecule has 47 heavy (non-hydrogen) atoms. The Hall–Kier alpha value is 0.100. The summed E-state index contributed by atoms with van der Waals surface area (Å²) >= 11 is 5.46. The second kappa shape index (κ2) is 25.1. The SMILES string of the molecule is CN(N=Cc1ccc(ON=PN=PP=N)cc1)[P+](=S)Oc1ccc(CCNC(=O)CCCC(CP(=O)([O-])O)CP(=O)([O-])O)cc1.[Na+].[Na+]. The van der Waals surface area contributed by atoms with Gasteiger partial charge >= 0.3 is 66.2 Å². The third-order valence-electron chi connectivity index (χ3n) is 5.63. The van der Waals surface area contributed by atoms with E-state index in [0.29, 0.717) is 49.1 Å². The molecule has 0 saturated heterocycles. The average Bonchev–Trinajstić information content (AvgIpc) is 2.95. The van der Waals surface area contributed by atoms with Crippen molar-refractivity contribution in [3.05, 3.63) is 59.7 Å². The molecule has 4 N–H and O–H groups in total. The van der Waals surface area contributed by atoms with E-state index in [1.807, 2.05) is 24.3 Å². The summed E-state index contributed by atoms with van der Waals surface area (Å²) in [6.45, 7) is 0.343. The summed E-state index contributed by atoms with van der Waals surface area (Å²) in [7, 11) is -7.80. The van der Waals surface area contributed by atoms with E-state index < -0.39 is 40.5 Å². The molecule has 0 spiro atoms. The van der Waals surface area contributed by atoms with Crippen LogP contribution in [0.3, 0.4) is 0 Å². The average molecular weight is 799 g/mol. The Morgan fingerprint density at radius 1 is 1.11 bits per heavy atom. The molecule has 3 unspecified atom stereocenters. The van der Waals surface area contributed by atoms with Crippen LogP contribution in [0.1, 0.15) is 30.4 Å². The molecule has 0 aliphatic heterocycles. The molecule has 0 saturated carbocycles. The van der Waals surface area contributed by atoms with E-state index in [2.05, 4.69) is 19.8 Å². The van der Waals surface area contributed by atoms with Crippen LogP contribution >= 0.6 is 46.9 Å². The predicted molar refractivity (Wildman–Crippen MR) is 176 cm³/mol. The summed E-state index contributed by atoms with van der Waals surface area (Å²) in [6.07, 6.45) is 0.861. The van der Waals surface area contributed by atoms with Crippen LogP contribution in [0.2, 0.25) is 0 Å². The summed E-state index contributed by atoms with van der Waals surface area (Å²) in [5.41, 5.74) is 1.75. The van der Waals surface area contributed by atoms with Crippen molar-refractivity contribution in [3.63, 3.8) is 0 Å². The number of hydrazone groups is 1. The Kier molecular flexibility index (Phi) is 25.2. The number of carbonyl (C=O) groups excluding carboxylic acids is 1. The smallest absolute Gasteiger partial charge is 0.779 e. The van der Waals surface area contributed by atoms with E-state index in [4.69, 9.17) is 36.1 Å². The first-order valence-electron chi connectivity index (χ1n) is 13.0. The molecule has 2 aromatic rings. The van der Waals surface area contributed by atoms with Crippen LogP contribution in [0.4, 0.5) is 0 Å². The standard InChI is InChI=1S/C23H32N6O9P6S.2Na/c1-29(26-15-19-7-9-21(10-8-19)37-27-40-28-41-39-24)42(45)38-22-11-5-18(6-12-22)13-14-25-23(30)4-2-3-20(16-43(31,32)33)17-44(34,35)36;;/h5-12,15,20,24H,2-4,13-14,16-17H2,1H3,(H4-,25,30,31,32,33,34,35,36);;/q;2*+1/p-1. The second-order valence-corrected chi connectivity index (χ2v) is 17.3. The minimum Gasteiger partial charge on any atom is -0.779 e. The van der Waals surface area contributed by atoms with Gasteiger partial charge in [-0.15, -0.1) is 5.10 Å². The zero-order valence-corrected chi connectivity index (χ0v) is 36.0. The molecule has 2 rings (SSSR count). The number of hydrogen-bond donors (Lipinski definition) is 4. The fourth-order valence-corrected chi connectivity index (χ4v) is 7.99. The van der Waals surface area contributed by atoms with Gasteiger partial charge in [0, 0.05) is 25.3 Å². The van der Waals surface area contributed by atoms with Crippen molar-refractivity contribution in [2.75, 3.05) is 25.9 Å². The molecule has 24 heteroatoms. The third-order valence-corrected chi connectivity index (χ3v) is 11.3. The van der Waals surface area contributed by atoms with Crippen molar-refractivity contribution in [1.29, 1.82) is 5.16 Å². The van der Waals surface area contributed by atoms with Crippen LogP contribution in [0, 0.1) is 11.1 Å². The Balaban J connectivity index is 0.0000106. The van der Waals surface area contributed by atoms with Crippen molar-refractivity contribution >= 4 is 70.8 Å². The molecule has 0 bridgehead atoms. The van der Waals surface area contributed by atoms with Crippen molar-refractivity contribution < 1.29 is 102 Å². The molecular weight excluding hydrogens is 768 g/mol. The largest absolute Gasteiger partial charge is 1.00 e. The van der Waals surface area contributed by atoms with E-state index in [1.165, 1.54) is 0 Å². The maximum absolute atomic E-state index is 12.1. The molecular formula is C23H31N6Na2O9P6S+. The summed E-state index contributed by atoms with van der Waals surface area (Å²) in [4.78, 5) is 61.5.